The van der Waals surface area contributed by atoms with Gasteiger partial charge in [0.1, 0.15) is 12.1 Å². The van der Waals surface area contributed by atoms with E-state index in [1.165, 1.54) is 6.07 Å². The van der Waals surface area contributed by atoms with Gasteiger partial charge in [-0.1, -0.05) is 35.0 Å². The van der Waals surface area contributed by atoms with Gasteiger partial charge < -0.3 is 4.79 Å². The Kier molecular flexibility index (Phi) is 3.60. The predicted molar refractivity (Wildman–Crippen MR) is 53.5 cm³/mol. The molecule has 0 aliphatic rings. The summed E-state index contributed by atoms with van der Waals surface area (Å²) in [4.78, 5) is 10.4. The monoisotopic (exact) mass is 244 g/mol. The van der Waals surface area contributed by atoms with Gasteiger partial charge in [0.15, 0.2) is 0 Å². The fraction of sp³-hybridized carbons (Fsp3) is 0.300. The Labute approximate surface area is 85.1 Å². The van der Waals surface area contributed by atoms with Gasteiger partial charge in [-0.2, -0.15) is 0 Å². The highest BCUT2D eigenvalue weighted by atomic mass is 79.9. The van der Waals surface area contributed by atoms with Crippen LogP contribution in [0, 0.1) is 5.82 Å². The van der Waals surface area contributed by atoms with Crippen molar-refractivity contribution in [2.45, 2.75) is 18.2 Å². The van der Waals surface area contributed by atoms with Gasteiger partial charge in [0.05, 0.1) is 0 Å². The molecule has 0 bridgehead atoms. The molecule has 0 spiro atoms. The largest absolute Gasteiger partial charge is 0.303 e. The van der Waals surface area contributed by atoms with Gasteiger partial charge in [-0.3, -0.25) is 0 Å². The van der Waals surface area contributed by atoms with Gasteiger partial charge in [-0.15, -0.1) is 0 Å². The SMILES string of the molecule is CC(C=O)c1ccc(CBr)c(F)c1. The Morgan fingerprint density at radius 3 is 2.77 bits per heavy atom. The number of aldehydes is 1. The molecule has 3 heteroatoms. The first kappa shape index (κ1) is 10.4. The maximum absolute atomic E-state index is 13.2. The summed E-state index contributed by atoms with van der Waals surface area (Å²) in [7, 11) is 0. The van der Waals surface area contributed by atoms with E-state index < -0.39 is 0 Å². The van der Waals surface area contributed by atoms with Crippen LogP contribution in [0.1, 0.15) is 24.0 Å². The summed E-state index contributed by atoms with van der Waals surface area (Å²) in [5, 5.41) is 0.495. The van der Waals surface area contributed by atoms with E-state index >= 15 is 0 Å². The van der Waals surface area contributed by atoms with E-state index in [4.69, 9.17) is 0 Å². The Balaban J connectivity index is 3.02. The first-order chi connectivity index (χ1) is 6.19. The molecule has 1 aromatic carbocycles. The zero-order chi connectivity index (χ0) is 9.84. The predicted octanol–water partition coefficient (Wildman–Crippen LogP) is 3.02. The van der Waals surface area contributed by atoms with Crippen molar-refractivity contribution >= 4 is 22.2 Å². The molecule has 70 valence electrons. The number of alkyl halides is 1. The summed E-state index contributed by atoms with van der Waals surface area (Å²) in [6, 6.07) is 4.88. The quantitative estimate of drug-likeness (QED) is 0.590. The molecule has 0 aliphatic carbocycles. The van der Waals surface area contributed by atoms with Crippen LogP contribution in [-0.4, -0.2) is 6.29 Å². The van der Waals surface area contributed by atoms with E-state index in [9.17, 15) is 9.18 Å². The van der Waals surface area contributed by atoms with Crippen molar-refractivity contribution in [3.05, 3.63) is 35.1 Å². The van der Waals surface area contributed by atoms with Crippen LogP contribution in [0.4, 0.5) is 4.39 Å². The highest BCUT2D eigenvalue weighted by Gasteiger charge is 2.07. The van der Waals surface area contributed by atoms with Crippen LogP contribution in [0.15, 0.2) is 18.2 Å². The van der Waals surface area contributed by atoms with E-state index in [1.54, 1.807) is 19.1 Å². The van der Waals surface area contributed by atoms with Crippen LogP contribution >= 0.6 is 15.9 Å². The van der Waals surface area contributed by atoms with Crippen molar-refractivity contribution in [1.29, 1.82) is 0 Å². The first-order valence-electron chi connectivity index (χ1n) is 3.98. The highest BCUT2D eigenvalue weighted by molar-refractivity contribution is 9.08. The topological polar surface area (TPSA) is 17.1 Å². The molecular weight excluding hydrogens is 235 g/mol. The Morgan fingerprint density at radius 2 is 2.31 bits per heavy atom. The van der Waals surface area contributed by atoms with Crippen LogP contribution < -0.4 is 0 Å². The Bertz CT molecular complexity index is 312. The van der Waals surface area contributed by atoms with Crippen molar-refractivity contribution in [3.8, 4) is 0 Å². The molecular formula is C10H10BrFO. The molecule has 0 radical (unpaired) electrons. The average molecular weight is 245 g/mol. The van der Waals surface area contributed by atoms with Crippen LogP contribution in [0.2, 0.25) is 0 Å². The number of benzene rings is 1. The highest BCUT2D eigenvalue weighted by Crippen LogP contribution is 2.18. The molecule has 0 heterocycles. The van der Waals surface area contributed by atoms with Gasteiger partial charge in [0.2, 0.25) is 0 Å². The molecule has 0 fully saturated rings. The van der Waals surface area contributed by atoms with E-state index in [0.29, 0.717) is 10.9 Å². The third-order valence-electron chi connectivity index (χ3n) is 1.95. The Hall–Kier alpha value is -0.700. The van der Waals surface area contributed by atoms with Gasteiger partial charge in [-0.05, 0) is 17.2 Å². The summed E-state index contributed by atoms with van der Waals surface area (Å²) in [6.45, 7) is 1.75. The third kappa shape index (κ3) is 2.37. The Morgan fingerprint density at radius 1 is 1.62 bits per heavy atom. The molecule has 0 saturated carbocycles. The smallest absolute Gasteiger partial charge is 0.127 e. The van der Waals surface area contributed by atoms with Gasteiger partial charge in [-0.25, -0.2) is 4.39 Å². The lowest BCUT2D eigenvalue weighted by molar-refractivity contribution is -0.108. The van der Waals surface area contributed by atoms with E-state index in [2.05, 4.69) is 15.9 Å². The molecule has 1 nitrogen and oxygen atoms in total. The molecule has 13 heavy (non-hydrogen) atoms. The van der Waals surface area contributed by atoms with Crippen molar-refractivity contribution in [2.75, 3.05) is 0 Å². The molecule has 0 aromatic heterocycles. The standard InChI is InChI=1S/C10H10BrFO/c1-7(6-13)8-2-3-9(5-11)10(12)4-8/h2-4,6-7H,5H2,1H3. The minimum absolute atomic E-state index is 0.237. The second-order valence-electron chi connectivity index (χ2n) is 2.91. The lowest BCUT2D eigenvalue weighted by Crippen LogP contribution is -1.96. The minimum Gasteiger partial charge on any atom is -0.303 e. The second-order valence-corrected chi connectivity index (χ2v) is 3.47. The summed E-state index contributed by atoms with van der Waals surface area (Å²) < 4.78 is 13.2. The summed E-state index contributed by atoms with van der Waals surface area (Å²) >= 11 is 3.18. The maximum atomic E-state index is 13.2. The van der Waals surface area contributed by atoms with Crippen molar-refractivity contribution in [2.24, 2.45) is 0 Å². The van der Waals surface area contributed by atoms with Crippen molar-refractivity contribution in [1.82, 2.24) is 0 Å². The minimum atomic E-state index is -0.261. The fourth-order valence-electron chi connectivity index (χ4n) is 1.03. The number of halogens is 2. The van der Waals surface area contributed by atoms with Gasteiger partial charge in [0.25, 0.3) is 0 Å². The number of hydrogen-bond acceptors (Lipinski definition) is 1. The van der Waals surface area contributed by atoms with E-state index in [-0.39, 0.29) is 11.7 Å². The zero-order valence-corrected chi connectivity index (χ0v) is 8.84. The fourth-order valence-corrected chi connectivity index (χ4v) is 1.49. The second kappa shape index (κ2) is 4.51. The normalized spacial score (nSPS) is 12.5. The molecule has 1 unspecified atom stereocenters. The number of carbonyl (C=O) groups excluding carboxylic acids is 1. The van der Waals surface area contributed by atoms with Crippen LogP contribution in [-0.2, 0) is 10.1 Å². The number of carbonyl (C=O) groups is 1. The summed E-state index contributed by atoms with van der Waals surface area (Å²) in [6.07, 6.45) is 0.808. The zero-order valence-electron chi connectivity index (χ0n) is 7.26. The van der Waals surface area contributed by atoms with Crippen molar-refractivity contribution < 1.29 is 9.18 Å². The molecule has 0 saturated heterocycles. The molecule has 1 rings (SSSR count). The van der Waals surface area contributed by atoms with E-state index in [0.717, 1.165) is 11.8 Å². The first-order valence-corrected chi connectivity index (χ1v) is 5.10. The molecule has 1 atom stereocenters. The van der Waals surface area contributed by atoms with Crippen molar-refractivity contribution in [3.63, 3.8) is 0 Å². The third-order valence-corrected chi connectivity index (χ3v) is 2.56. The average Bonchev–Trinajstić information content (AvgIpc) is 2.16. The molecule has 1 aromatic rings. The van der Waals surface area contributed by atoms with Gasteiger partial charge >= 0.3 is 0 Å². The summed E-state index contributed by atoms with van der Waals surface area (Å²) in [5.74, 6) is -0.498. The van der Waals surface area contributed by atoms with Gasteiger partial charge in [0, 0.05) is 11.2 Å². The lowest BCUT2D eigenvalue weighted by Gasteiger charge is -2.05. The molecule has 0 amide bonds. The molecule has 0 N–H and O–H groups in total. The van der Waals surface area contributed by atoms with Crippen LogP contribution in [0.5, 0.6) is 0 Å². The molecule has 0 aliphatic heterocycles. The van der Waals surface area contributed by atoms with Crippen LogP contribution in [0.25, 0.3) is 0 Å². The van der Waals surface area contributed by atoms with Crippen LogP contribution in [0.3, 0.4) is 0 Å². The maximum Gasteiger partial charge on any atom is 0.127 e. The summed E-state index contributed by atoms with van der Waals surface area (Å²) in [5.41, 5.74) is 1.33. The van der Waals surface area contributed by atoms with E-state index in [1.807, 2.05) is 0 Å². The number of rotatable bonds is 3. The number of hydrogen-bond donors (Lipinski definition) is 0. The lowest BCUT2D eigenvalue weighted by atomic mass is 10.0.